The van der Waals surface area contributed by atoms with Crippen LogP contribution in [0.2, 0.25) is 0 Å². The number of benzene rings is 2. The zero-order valence-electron chi connectivity index (χ0n) is 22.3. The maximum atomic E-state index is 11.6. The van der Waals surface area contributed by atoms with Crippen LogP contribution in [0.25, 0.3) is 11.3 Å². The van der Waals surface area contributed by atoms with Gasteiger partial charge in [-0.2, -0.15) is 0 Å². The van der Waals surface area contributed by atoms with E-state index in [-0.39, 0.29) is 24.3 Å². The van der Waals surface area contributed by atoms with Gasteiger partial charge in [-0.3, -0.25) is 14.6 Å². The molecule has 0 aliphatic heterocycles. The van der Waals surface area contributed by atoms with Crippen LogP contribution in [-0.4, -0.2) is 48.8 Å². The second kappa shape index (κ2) is 16.2. The molecule has 2 aromatic carbocycles. The quantitative estimate of drug-likeness (QED) is 0.140. The fourth-order valence-electron chi connectivity index (χ4n) is 4.32. The van der Waals surface area contributed by atoms with Gasteiger partial charge in [0.25, 0.3) is 0 Å². The van der Waals surface area contributed by atoms with Gasteiger partial charge in [0.05, 0.1) is 23.8 Å². The van der Waals surface area contributed by atoms with Crippen molar-refractivity contribution < 1.29 is 37.7 Å². The molecule has 0 spiro atoms. The summed E-state index contributed by atoms with van der Waals surface area (Å²) >= 11 is 0. The predicted octanol–water partition coefficient (Wildman–Crippen LogP) is 5.16. The van der Waals surface area contributed by atoms with Crippen LogP contribution in [0.15, 0.2) is 65.7 Å². The first-order valence-corrected chi connectivity index (χ1v) is 14.5. The Balaban J connectivity index is 1.50. The monoisotopic (exact) mass is 569 g/mol. The number of aromatic nitrogens is 1. The van der Waals surface area contributed by atoms with Crippen molar-refractivity contribution in [2.45, 2.75) is 62.7 Å². The third-order valence-corrected chi connectivity index (χ3v) is 6.96. The van der Waals surface area contributed by atoms with Gasteiger partial charge < -0.3 is 19.7 Å². The molecule has 1 heterocycles. The molecule has 0 saturated carbocycles. The van der Waals surface area contributed by atoms with E-state index in [0.29, 0.717) is 42.2 Å². The molecule has 9 nitrogen and oxygen atoms in total. The SMILES string of the molecule is O=C(O)CCCOc1cccc(CCCCCCOc2cc(-c3ccccn3)cc([SH](=O)=O)c2)c1CCC(=O)O. The largest absolute Gasteiger partial charge is 0.494 e. The Morgan fingerprint density at radius 3 is 2.27 bits per heavy atom. The number of thiol groups is 1. The fourth-order valence-corrected chi connectivity index (χ4v) is 4.79. The van der Waals surface area contributed by atoms with E-state index in [4.69, 9.17) is 14.6 Å². The molecule has 0 amide bonds. The molecule has 0 unspecified atom stereocenters. The molecule has 1 aromatic heterocycles. The van der Waals surface area contributed by atoms with E-state index < -0.39 is 22.6 Å². The van der Waals surface area contributed by atoms with Gasteiger partial charge in [0.1, 0.15) is 11.5 Å². The minimum atomic E-state index is -2.76. The van der Waals surface area contributed by atoms with Crippen molar-refractivity contribution in [3.63, 3.8) is 0 Å². The topological polar surface area (TPSA) is 140 Å². The second-order valence-electron chi connectivity index (χ2n) is 9.33. The van der Waals surface area contributed by atoms with Crippen LogP contribution in [0, 0.1) is 0 Å². The third-order valence-electron chi connectivity index (χ3n) is 6.28. The minimum absolute atomic E-state index is 0.0102. The van der Waals surface area contributed by atoms with E-state index in [2.05, 4.69) is 4.98 Å². The maximum Gasteiger partial charge on any atom is 0.303 e. The third kappa shape index (κ3) is 10.3. The van der Waals surface area contributed by atoms with Crippen LogP contribution in [0.3, 0.4) is 0 Å². The molecule has 3 rings (SSSR count). The summed E-state index contributed by atoms with van der Waals surface area (Å²) in [5.41, 5.74) is 3.25. The van der Waals surface area contributed by atoms with Crippen molar-refractivity contribution in [3.8, 4) is 22.8 Å². The number of carbonyl (C=O) groups is 2. The van der Waals surface area contributed by atoms with Gasteiger partial charge in [-0.1, -0.05) is 31.0 Å². The summed E-state index contributed by atoms with van der Waals surface area (Å²) in [6.07, 6.45) is 6.72. The maximum absolute atomic E-state index is 11.6. The number of rotatable bonds is 18. The van der Waals surface area contributed by atoms with Crippen LogP contribution < -0.4 is 9.47 Å². The average molecular weight is 570 g/mol. The lowest BCUT2D eigenvalue weighted by molar-refractivity contribution is -0.138. The summed E-state index contributed by atoms with van der Waals surface area (Å²) in [5.74, 6) is -0.660. The van der Waals surface area contributed by atoms with E-state index in [1.807, 2.05) is 24.3 Å². The Morgan fingerprint density at radius 2 is 1.55 bits per heavy atom. The molecule has 0 fully saturated rings. The molecule has 0 bridgehead atoms. The molecule has 40 heavy (non-hydrogen) atoms. The summed E-state index contributed by atoms with van der Waals surface area (Å²) in [6.45, 7) is 0.706. The standard InChI is InChI=1S/C30H35NO8S/c32-29(33)13-8-18-39-28-12-7-10-22(26(28)14-15-30(34)35)9-3-1-2-6-17-38-24-19-23(20-25(21-24)40(36)37)27-11-4-5-16-31-27/h4-5,7,10-12,16,19-21,40H,1-3,6,8-9,13-15,17-18H2,(H,32,33)(H,34,35). The van der Waals surface area contributed by atoms with Gasteiger partial charge in [-0.25, -0.2) is 8.42 Å². The lowest BCUT2D eigenvalue weighted by atomic mass is 9.97. The average Bonchev–Trinajstić information content (AvgIpc) is 2.94. The smallest absolute Gasteiger partial charge is 0.303 e. The van der Waals surface area contributed by atoms with Crippen molar-refractivity contribution in [1.82, 2.24) is 4.98 Å². The van der Waals surface area contributed by atoms with Crippen molar-refractivity contribution >= 4 is 22.6 Å². The van der Waals surface area contributed by atoms with Gasteiger partial charge in [0, 0.05) is 24.6 Å². The first-order chi connectivity index (χ1) is 19.3. The summed E-state index contributed by atoms with van der Waals surface area (Å²) < 4.78 is 34.9. The highest BCUT2D eigenvalue weighted by molar-refractivity contribution is 7.72. The molecular formula is C30H35NO8S. The molecule has 0 aliphatic carbocycles. The van der Waals surface area contributed by atoms with Gasteiger partial charge in [-0.15, -0.1) is 0 Å². The van der Waals surface area contributed by atoms with Gasteiger partial charge >= 0.3 is 11.9 Å². The van der Waals surface area contributed by atoms with Crippen LogP contribution >= 0.6 is 0 Å². The fraction of sp³-hybridized carbons (Fsp3) is 0.367. The number of aliphatic carboxylic acids is 2. The summed E-state index contributed by atoms with van der Waals surface area (Å²) in [7, 11) is -2.76. The summed E-state index contributed by atoms with van der Waals surface area (Å²) in [5, 5.41) is 18.0. The van der Waals surface area contributed by atoms with E-state index in [1.165, 1.54) is 6.07 Å². The van der Waals surface area contributed by atoms with Crippen LogP contribution in [0.4, 0.5) is 0 Å². The van der Waals surface area contributed by atoms with Crippen LogP contribution in [-0.2, 0) is 33.1 Å². The van der Waals surface area contributed by atoms with Crippen molar-refractivity contribution in [2.24, 2.45) is 0 Å². The summed E-state index contributed by atoms with van der Waals surface area (Å²) in [6, 6.07) is 16.0. The number of hydrogen-bond acceptors (Lipinski definition) is 7. The molecular weight excluding hydrogens is 534 g/mol. The molecule has 2 N–H and O–H groups in total. The van der Waals surface area contributed by atoms with E-state index >= 15 is 0 Å². The Labute approximate surface area is 235 Å². The van der Waals surface area contributed by atoms with Gasteiger partial charge in [-0.05, 0) is 79.6 Å². The Hall–Kier alpha value is -3.92. The molecule has 0 radical (unpaired) electrons. The first-order valence-electron chi connectivity index (χ1n) is 13.3. The minimum Gasteiger partial charge on any atom is -0.494 e. The molecule has 214 valence electrons. The number of pyridine rings is 1. The number of ether oxygens (including phenoxy) is 2. The van der Waals surface area contributed by atoms with E-state index in [1.54, 1.807) is 30.5 Å². The number of carboxylic acid groups (broad SMARTS) is 2. The zero-order chi connectivity index (χ0) is 28.7. The Bertz CT molecular complexity index is 1330. The number of nitrogens with zero attached hydrogens (tertiary/aromatic N) is 1. The van der Waals surface area contributed by atoms with E-state index in [0.717, 1.165) is 43.2 Å². The molecule has 3 aromatic rings. The van der Waals surface area contributed by atoms with E-state index in [9.17, 15) is 23.1 Å². The van der Waals surface area contributed by atoms with Crippen molar-refractivity contribution in [3.05, 3.63) is 71.9 Å². The lowest BCUT2D eigenvalue weighted by Crippen LogP contribution is -2.07. The number of carboxylic acids is 2. The lowest BCUT2D eigenvalue weighted by Gasteiger charge is -2.15. The zero-order valence-corrected chi connectivity index (χ0v) is 23.2. The Morgan fingerprint density at radius 1 is 0.775 bits per heavy atom. The second-order valence-corrected chi connectivity index (χ2v) is 10.4. The molecule has 0 saturated heterocycles. The molecule has 0 atom stereocenters. The first kappa shape index (κ1) is 30.6. The van der Waals surface area contributed by atoms with Crippen LogP contribution in [0.5, 0.6) is 11.5 Å². The van der Waals surface area contributed by atoms with Crippen molar-refractivity contribution in [2.75, 3.05) is 13.2 Å². The van der Waals surface area contributed by atoms with Crippen LogP contribution in [0.1, 0.15) is 56.1 Å². The van der Waals surface area contributed by atoms with Gasteiger partial charge in [0.15, 0.2) is 10.7 Å². The van der Waals surface area contributed by atoms with Gasteiger partial charge in [0.2, 0.25) is 0 Å². The highest BCUT2D eigenvalue weighted by Crippen LogP contribution is 2.27. The highest BCUT2D eigenvalue weighted by atomic mass is 32.2. The molecule has 10 heteroatoms. The number of hydrogen-bond donors (Lipinski definition) is 3. The Kier molecular flexibility index (Phi) is 12.4. The number of unbranched alkanes of at least 4 members (excludes halogenated alkanes) is 3. The summed E-state index contributed by atoms with van der Waals surface area (Å²) in [4.78, 5) is 26.4. The van der Waals surface area contributed by atoms with Crippen molar-refractivity contribution in [1.29, 1.82) is 0 Å². The predicted molar refractivity (Wildman–Crippen MR) is 151 cm³/mol. The highest BCUT2D eigenvalue weighted by Gasteiger charge is 2.12. The molecule has 0 aliphatic rings. The normalized spacial score (nSPS) is 10.9. The number of aryl methyl sites for hydroxylation is 1.